The molecule has 3 fully saturated rings. The number of hydrogen-bond donors (Lipinski definition) is 7. The van der Waals surface area contributed by atoms with Gasteiger partial charge in [0.15, 0.2) is 18.9 Å². The smallest absolute Gasteiger partial charge is 0.187 e. The molecule has 0 aliphatic carbocycles. The minimum atomic E-state index is -1.79. The van der Waals surface area contributed by atoms with Crippen LogP contribution in [0.1, 0.15) is 66.2 Å². The first kappa shape index (κ1) is 38.8. The standard InChI is InChI=1S/C30H56O15/c1-5-8-11-38-23-16(4)41-30(27(40-13-10-7-3)26(23)39-12-9-6-2)45-25-20(34)19(33)17(14-31)43-29(25)44-24-18(15-32)42-28(37)22(36)21(24)35/h16-37H,5-15H2,1-4H3/t16?,17?,18?,19-,20?,21?,22-,23+,24+,25-,26?,27-,28?,29-,30-/m0/s1. The Hall–Kier alpha value is -0.600. The second kappa shape index (κ2) is 19.4. The van der Waals surface area contributed by atoms with E-state index in [0.717, 1.165) is 38.5 Å². The van der Waals surface area contributed by atoms with Crippen LogP contribution in [0.15, 0.2) is 0 Å². The molecule has 3 aliphatic rings. The average molecular weight is 657 g/mol. The molecule has 0 radical (unpaired) electrons. The predicted molar refractivity (Wildman–Crippen MR) is 156 cm³/mol. The van der Waals surface area contributed by atoms with Gasteiger partial charge < -0.3 is 73.6 Å². The Labute approximate surface area is 265 Å². The van der Waals surface area contributed by atoms with Crippen molar-refractivity contribution < 1.29 is 73.6 Å². The number of ether oxygens (including phenoxy) is 8. The normalized spacial score (nSPS) is 42.6. The zero-order chi connectivity index (χ0) is 33.1. The lowest BCUT2D eigenvalue weighted by molar-refractivity contribution is -0.389. The van der Waals surface area contributed by atoms with Gasteiger partial charge in [0.05, 0.1) is 19.3 Å². The molecule has 3 aliphatic heterocycles. The molecule has 3 saturated heterocycles. The predicted octanol–water partition coefficient (Wildman–Crippen LogP) is -1.07. The fourth-order valence-electron chi connectivity index (χ4n) is 5.62. The van der Waals surface area contributed by atoms with Crippen LogP contribution in [0.4, 0.5) is 0 Å². The highest BCUT2D eigenvalue weighted by atomic mass is 16.8. The molecule has 45 heavy (non-hydrogen) atoms. The molecule has 3 heterocycles. The summed E-state index contributed by atoms with van der Waals surface area (Å²) in [6, 6.07) is 0. The summed E-state index contributed by atoms with van der Waals surface area (Å²) in [7, 11) is 0. The minimum absolute atomic E-state index is 0.358. The third kappa shape index (κ3) is 9.96. The summed E-state index contributed by atoms with van der Waals surface area (Å²) in [5.74, 6) is 0. The van der Waals surface area contributed by atoms with Crippen molar-refractivity contribution in [2.45, 2.75) is 158 Å². The summed E-state index contributed by atoms with van der Waals surface area (Å²) in [6.07, 6.45) is -14.2. The van der Waals surface area contributed by atoms with Gasteiger partial charge in [-0.1, -0.05) is 40.0 Å². The van der Waals surface area contributed by atoms with E-state index in [1.807, 2.05) is 13.8 Å². The topological polar surface area (TPSA) is 215 Å². The van der Waals surface area contributed by atoms with Crippen molar-refractivity contribution in [3.8, 4) is 0 Å². The van der Waals surface area contributed by atoms with Gasteiger partial charge in [-0.25, -0.2) is 0 Å². The first-order valence-corrected chi connectivity index (χ1v) is 16.4. The summed E-state index contributed by atoms with van der Waals surface area (Å²) in [5.41, 5.74) is 0. The minimum Gasteiger partial charge on any atom is -0.394 e. The van der Waals surface area contributed by atoms with Crippen LogP contribution in [-0.2, 0) is 37.9 Å². The number of unbranched alkanes of at least 4 members (excludes halogenated alkanes) is 3. The Morgan fingerprint density at radius 3 is 1.56 bits per heavy atom. The Balaban J connectivity index is 1.92. The molecule has 7 N–H and O–H groups in total. The molecule has 15 nitrogen and oxygen atoms in total. The summed E-state index contributed by atoms with van der Waals surface area (Å²) in [6.45, 7) is 7.86. The highest BCUT2D eigenvalue weighted by Gasteiger charge is 2.54. The molecule has 0 aromatic heterocycles. The van der Waals surface area contributed by atoms with Gasteiger partial charge in [0, 0.05) is 19.8 Å². The van der Waals surface area contributed by atoms with E-state index in [2.05, 4.69) is 13.8 Å². The lowest BCUT2D eigenvalue weighted by Gasteiger charge is -2.49. The second-order valence-corrected chi connectivity index (χ2v) is 11.9. The van der Waals surface area contributed by atoms with E-state index >= 15 is 0 Å². The van der Waals surface area contributed by atoms with Crippen LogP contribution < -0.4 is 0 Å². The van der Waals surface area contributed by atoms with Crippen LogP contribution in [-0.4, -0.2) is 161 Å². The summed E-state index contributed by atoms with van der Waals surface area (Å²) < 4.78 is 48.4. The van der Waals surface area contributed by atoms with Crippen molar-refractivity contribution >= 4 is 0 Å². The number of hydrogen-bond acceptors (Lipinski definition) is 15. The Kier molecular flexibility index (Phi) is 16.8. The molecule has 266 valence electrons. The SMILES string of the molecule is CCCCOC1[C@H](OCCCC)C(C)O[C@@H](O[C@H]2C(O)[C@@H](O)C(CO)O[C@H]2O[C@@H]2C(CO)OC(O)[C@@H](O)C2O)[C@H]1OCCCC. The van der Waals surface area contributed by atoms with E-state index < -0.39 is 105 Å². The van der Waals surface area contributed by atoms with E-state index in [1.54, 1.807) is 0 Å². The van der Waals surface area contributed by atoms with Crippen molar-refractivity contribution in [1.29, 1.82) is 0 Å². The van der Waals surface area contributed by atoms with Gasteiger partial charge >= 0.3 is 0 Å². The summed E-state index contributed by atoms with van der Waals surface area (Å²) >= 11 is 0. The fraction of sp³-hybridized carbons (Fsp3) is 1.00. The highest BCUT2D eigenvalue weighted by Crippen LogP contribution is 2.35. The van der Waals surface area contributed by atoms with E-state index in [-0.39, 0.29) is 0 Å². The van der Waals surface area contributed by atoms with Gasteiger partial charge in [0.2, 0.25) is 0 Å². The second-order valence-electron chi connectivity index (χ2n) is 11.9. The lowest BCUT2D eigenvalue weighted by Crippen LogP contribution is -2.67. The van der Waals surface area contributed by atoms with Crippen LogP contribution in [0.5, 0.6) is 0 Å². The largest absolute Gasteiger partial charge is 0.394 e. The van der Waals surface area contributed by atoms with Crippen LogP contribution in [0.3, 0.4) is 0 Å². The Morgan fingerprint density at radius 1 is 0.511 bits per heavy atom. The van der Waals surface area contributed by atoms with E-state index in [1.165, 1.54) is 0 Å². The zero-order valence-corrected chi connectivity index (χ0v) is 26.8. The molecule has 15 heteroatoms. The van der Waals surface area contributed by atoms with Crippen LogP contribution in [0.2, 0.25) is 0 Å². The Morgan fingerprint density at radius 2 is 1.00 bits per heavy atom. The number of aliphatic hydroxyl groups excluding tert-OH is 7. The number of aliphatic hydroxyl groups is 7. The van der Waals surface area contributed by atoms with Gasteiger partial charge in [-0.05, 0) is 26.2 Å². The van der Waals surface area contributed by atoms with Gasteiger partial charge in [0.1, 0.15) is 67.1 Å². The molecule has 0 spiro atoms. The summed E-state index contributed by atoms with van der Waals surface area (Å²) in [5, 5.41) is 72.5. The summed E-state index contributed by atoms with van der Waals surface area (Å²) in [4.78, 5) is 0. The van der Waals surface area contributed by atoms with E-state index in [9.17, 15) is 35.7 Å². The molecular weight excluding hydrogens is 600 g/mol. The molecule has 0 aromatic rings. The van der Waals surface area contributed by atoms with Crippen LogP contribution in [0, 0.1) is 0 Å². The average Bonchev–Trinajstić information content (AvgIpc) is 3.03. The van der Waals surface area contributed by atoms with Crippen molar-refractivity contribution in [3.63, 3.8) is 0 Å². The molecule has 0 amide bonds. The molecule has 15 atom stereocenters. The molecule has 7 unspecified atom stereocenters. The molecule has 3 rings (SSSR count). The molecule has 0 bridgehead atoms. The first-order chi connectivity index (χ1) is 21.6. The monoisotopic (exact) mass is 656 g/mol. The third-order valence-electron chi connectivity index (χ3n) is 8.40. The van der Waals surface area contributed by atoms with Crippen molar-refractivity contribution in [1.82, 2.24) is 0 Å². The zero-order valence-electron chi connectivity index (χ0n) is 26.8. The van der Waals surface area contributed by atoms with Crippen molar-refractivity contribution in [3.05, 3.63) is 0 Å². The van der Waals surface area contributed by atoms with E-state index in [4.69, 9.17) is 37.9 Å². The maximum Gasteiger partial charge on any atom is 0.187 e. The quantitative estimate of drug-likeness (QED) is 0.0875. The van der Waals surface area contributed by atoms with Gasteiger partial charge in [-0.3, -0.25) is 0 Å². The number of rotatable bonds is 18. The van der Waals surface area contributed by atoms with Gasteiger partial charge in [-0.2, -0.15) is 0 Å². The van der Waals surface area contributed by atoms with Crippen LogP contribution in [0.25, 0.3) is 0 Å². The third-order valence-corrected chi connectivity index (χ3v) is 8.40. The van der Waals surface area contributed by atoms with E-state index in [0.29, 0.717) is 19.8 Å². The van der Waals surface area contributed by atoms with Crippen molar-refractivity contribution in [2.24, 2.45) is 0 Å². The molecule has 0 saturated carbocycles. The fourth-order valence-corrected chi connectivity index (χ4v) is 5.62. The Bertz CT molecular complexity index is 807. The molecular formula is C30H56O15. The van der Waals surface area contributed by atoms with Gasteiger partial charge in [0.25, 0.3) is 0 Å². The highest BCUT2D eigenvalue weighted by molar-refractivity contribution is 4.97. The first-order valence-electron chi connectivity index (χ1n) is 16.4. The lowest BCUT2D eigenvalue weighted by atomic mass is 9.96. The maximum atomic E-state index is 11.2. The van der Waals surface area contributed by atoms with Crippen LogP contribution >= 0.6 is 0 Å². The molecule has 0 aromatic carbocycles. The van der Waals surface area contributed by atoms with Crippen molar-refractivity contribution in [2.75, 3.05) is 33.0 Å². The van der Waals surface area contributed by atoms with Gasteiger partial charge in [-0.15, -0.1) is 0 Å². The maximum absolute atomic E-state index is 11.2.